The third kappa shape index (κ3) is 8.25. The highest BCUT2D eigenvalue weighted by Gasteiger charge is 2.15. The number of amides is 1. The molecule has 4 aromatic carbocycles. The highest BCUT2D eigenvalue weighted by molar-refractivity contribution is 6.30. The summed E-state index contributed by atoms with van der Waals surface area (Å²) in [5.41, 5.74) is 3.92. The minimum atomic E-state index is -0.530. The summed E-state index contributed by atoms with van der Waals surface area (Å²) in [6, 6.07) is 29.8. The van der Waals surface area contributed by atoms with E-state index in [9.17, 15) is 10.1 Å². The zero-order valence-electron chi connectivity index (χ0n) is 22.6. The first-order valence-electron chi connectivity index (χ1n) is 12.9. The van der Waals surface area contributed by atoms with Crippen LogP contribution in [-0.2, 0) is 24.4 Å². The van der Waals surface area contributed by atoms with Gasteiger partial charge in [-0.05, 0) is 77.7 Å². The fourth-order valence-corrected chi connectivity index (χ4v) is 4.14. The number of nitriles is 1. The topological polar surface area (TPSA) is 80.6 Å². The Morgan fingerprint density at radius 3 is 2.29 bits per heavy atom. The first kappa shape index (κ1) is 29.0. The van der Waals surface area contributed by atoms with E-state index in [0.717, 1.165) is 16.7 Å². The maximum absolute atomic E-state index is 12.9. The van der Waals surface area contributed by atoms with Gasteiger partial charge in [-0.2, -0.15) is 5.26 Å². The molecule has 4 aromatic rings. The predicted molar refractivity (Wildman–Crippen MR) is 162 cm³/mol. The Morgan fingerprint density at radius 2 is 1.63 bits per heavy atom. The molecule has 0 radical (unpaired) electrons. The number of nitrogens with zero attached hydrogens (tertiary/aromatic N) is 1. The number of ether oxygens (including phenoxy) is 3. The molecule has 0 saturated heterocycles. The van der Waals surface area contributed by atoms with Crippen molar-refractivity contribution in [1.29, 1.82) is 5.26 Å². The number of anilines is 1. The first-order valence-corrected chi connectivity index (χ1v) is 13.3. The van der Waals surface area contributed by atoms with Crippen LogP contribution in [0.3, 0.4) is 0 Å². The number of carbonyl (C=O) groups excluding carboxylic acids is 1. The molecule has 0 saturated carbocycles. The number of methoxy groups -OCH3 is 1. The van der Waals surface area contributed by atoms with Gasteiger partial charge >= 0.3 is 0 Å². The van der Waals surface area contributed by atoms with Gasteiger partial charge in [0, 0.05) is 16.3 Å². The van der Waals surface area contributed by atoms with E-state index in [2.05, 4.69) is 11.9 Å². The molecule has 6 nitrogen and oxygen atoms in total. The van der Waals surface area contributed by atoms with E-state index in [1.54, 1.807) is 55.7 Å². The fraction of sp³-hybridized carbons (Fsp3) is 0.118. The van der Waals surface area contributed by atoms with Gasteiger partial charge in [-0.25, -0.2) is 0 Å². The quantitative estimate of drug-likeness (QED) is 0.108. The molecular formula is C34H29ClN2O4. The Morgan fingerprint density at radius 1 is 0.951 bits per heavy atom. The van der Waals surface area contributed by atoms with E-state index in [-0.39, 0.29) is 5.57 Å². The number of carbonyl (C=O) groups is 1. The van der Waals surface area contributed by atoms with Gasteiger partial charge in [-0.1, -0.05) is 60.1 Å². The van der Waals surface area contributed by atoms with Gasteiger partial charge < -0.3 is 19.5 Å². The number of benzene rings is 4. The second-order valence-electron chi connectivity index (χ2n) is 9.04. The van der Waals surface area contributed by atoms with E-state index in [0.29, 0.717) is 53.2 Å². The average molecular weight is 565 g/mol. The zero-order valence-corrected chi connectivity index (χ0v) is 23.4. The molecule has 0 aliphatic carbocycles. The summed E-state index contributed by atoms with van der Waals surface area (Å²) >= 11 is 5.98. The summed E-state index contributed by atoms with van der Waals surface area (Å²) in [6.45, 7) is 4.60. The van der Waals surface area contributed by atoms with Crippen LogP contribution >= 0.6 is 11.6 Å². The molecule has 206 valence electrons. The van der Waals surface area contributed by atoms with Crippen LogP contribution in [-0.4, -0.2) is 13.0 Å². The molecule has 0 spiro atoms. The summed E-state index contributed by atoms with van der Waals surface area (Å²) in [4.78, 5) is 12.9. The van der Waals surface area contributed by atoms with Gasteiger partial charge in [0.05, 0.1) is 7.11 Å². The normalized spacial score (nSPS) is 10.8. The van der Waals surface area contributed by atoms with Crippen molar-refractivity contribution in [2.24, 2.45) is 0 Å². The number of rotatable bonds is 12. The smallest absolute Gasteiger partial charge is 0.266 e. The van der Waals surface area contributed by atoms with Gasteiger partial charge in [0.15, 0.2) is 11.5 Å². The molecule has 0 aromatic heterocycles. The van der Waals surface area contributed by atoms with Crippen LogP contribution in [0.15, 0.2) is 109 Å². The fourth-order valence-electron chi connectivity index (χ4n) is 4.01. The van der Waals surface area contributed by atoms with Crippen LogP contribution in [0.5, 0.6) is 17.2 Å². The second kappa shape index (κ2) is 14.4. The van der Waals surface area contributed by atoms with Crippen LogP contribution in [0.2, 0.25) is 5.02 Å². The van der Waals surface area contributed by atoms with Gasteiger partial charge in [0.25, 0.3) is 5.91 Å². The van der Waals surface area contributed by atoms with Crippen molar-refractivity contribution < 1.29 is 19.0 Å². The number of hydrogen-bond donors (Lipinski definition) is 1. The lowest BCUT2D eigenvalue weighted by Gasteiger charge is -2.16. The van der Waals surface area contributed by atoms with Crippen molar-refractivity contribution in [2.45, 2.75) is 19.6 Å². The molecule has 1 N–H and O–H groups in total. The zero-order chi connectivity index (χ0) is 29.0. The van der Waals surface area contributed by atoms with Gasteiger partial charge in [-0.15, -0.1) is 6.58 Å². The molecule has 0 unspecified atom stereocenters. The van der Waals surface area contributed by atoms with Crippen LogP contribution in [0, 0.1) is 11.3 Å². The van der Waals surface area contributed by atoms with Gasteiger partial charge in [0.1, 0.15) is 30.6 Å². The van der Waals surface area contributed by atoms with Gasteiger partial charge in [-0.3, -0.25) is 4.79 Å². The molecule has 0 fully saturated rings. The van der Waals surface area contributed by atoms with Crippen LogP contribution in [0.25, 0.3) is 6.08 Å². The van der Waals surface area contributed by atoms with Crippen molar-refractivity contribution in [1.82, 2.24) is 0 Å². The first-order chi connectivity index (χ1) is 20.0. The minimum absolute atomic E-state index is 0.0594. The van der Waals surface area contributed by atoms with Crippen molar-refractivity contribution >= 4 is 29.3 Å². The molecular weight excluding hydrogens is 536 g/mol. The van der Waals surface area contributed by atoms with E-state index < -0.39 is 5.91 Å². The molecule has 41 heavy (non-hydrogen) atoms. The molecule has 0 bridgehead atoms. The molecule has 0 heterocycles. The number of nitrogens with one attached hydrogen (secondary N) is 1. The lowest BCUT2D eigenvalue weighted by atomic mass is 10.0. The lowest BCUT2D eigenvalue weighted by molar-refractivity contribution is -0.112. The average Bonchev–Trinajstić information content (AvgIpc) is 3.00. The summed E-state index contributed by atoms with van der Waals surface area (Å²) in [7, 11) is 1.54. The maximum Gasteiger partial charge on any atom is 0.266 e. The standard InChI is InChI=1S/C34H29ClN2O4/c1-3-7-27-18-26(20-32(39-2)33(27)41-23-25-10-12-29(35)13-11-25)19-28(21-36)34(38)37-30-14-16-31(17-15-30)40-22-24-8-5-4-6-9-24/h3-6,8-20H,1,7,22-23H2,2H3,(H,37,38)/b28-19+. The van der Waals surface area contributed by atoms with E-state index in [1.165, 1.54) is 6.08 Å². The Bertz CT molecular complexity index is 1560. The van der Waals surface area contributed by atoms with Crippen molar-refractivity contribution in [2.75, 3.05) is 12.4 Å². The molecule has 0 atom stereocenters. The van der Waals surface area contributed by atoms with Crippen molar-refractivity contribution in [3.05, 3.63) is 137 Å². The number of allylic oxidation sites excluding steroid dienone is 1. The van der Waals surface area contributed by atoms with Crippen LogP contribution in [0.1, 0.15) is 22.3 Å². The monoisotopic (exact) mass is 564 g/mol. The third-order valence-electron chi connectivity index (χ3n) is 6.07. The molecule has 0 aliphatic heterocycles. The summed E-state index contributed by atoms with van der Waals surface area (Å²) in [6.07, 6.45) is 3.77. The van der Waals surface area contributed by atoms with Crippen LogP contribution < -0.4 is 19.5 Å². The number of hydrogen-bond acceptors (Lipinski definition) is 5. The summed E-state index contributed by atoms with van der Waals surface area (Å²) in [5, 5.41) is 13.2. The Hall–Kier alpha value is -4.99. The largest absolute Gasteiger partial charge is 0.493 e. The summed E-state index contributed by atoms with van der Waals surface area (Å²) < 4.78 is 17.5. The second-order valence-corrected chi connectivity index (χ2v) is 9.48. The highest BCUT2D eigenvalue weighted by Crippen LogP contribution is 2.35. The molecule has 7 heteroatoms. The van der Waals surface area contributed by atoms with Crippen molar-refractivity contribution in [3.8, 4) is 23.3 Å². The van der Waals surface area contributed by atoms with E-state index in [4.69, 9.17) is 25.8 Å². The van der Waals surface area contributed by atoms with Gasteiger partial charge in [0.2, 0.25) is 0 Å². The summed E-state index contributed by atoms with van der Waals surface area (Å²) in [5.74, 6) is 1.19. The van der Waals surface area contributed by atoms with Crippen molar-refractivity contribution in [3.63, 3.8) is 0 Å². The predicted octanol–water partition coefficient (Wildman–Crippen LogP) is 7.78. The lowest BCUT2D eigenvalue weighted by Crippen LogP contribution is -2.13. The Kier molecular flexibility index (Phi) is 10.2. The molecule has 0 aliphatic rings. The maximum atomic E-state index is 12.9. The van der Waals surface area contributed by atoms with E-state index >= 15 is 0 Å². The molecule has 4 rings (SSSR count). The number of halogens is 1. The molecule has 1 amide bonds. The highest BCUT2D eigenvalue weighted by atomic mass is 35.5. The van der Waals surface area contributed by atoms with Crippen LogP contribution in [0.4, 0.5) is 5.69 Å². The van der Waals surface area contributed by atoms with E-state index in [1.807, 2.05) is 54.6 Å². The Labute approximate surface area is 245 Å². The third-order valence-corrected chi connectivity index (χ3v) is 6.32. The SMILES string of the molecule is C=CCc1cc(/C=C(\C#N)C(=O)Nc2ccc(OCc3ccccc3)cc2)cc(OC)c1OCc1ccc(Cl)cc1. The minimum Gasteiger partial charge on any atom is -0.493 e. The Balaban J connectivity index is 1.47.